The van der Waals surface area contributed by atoms with Crippen LogP contribution in [0.1, 0.15) is 19.4 Å². The minimum absolute atomic E-state index is 0.221. The largest absolute Gasteiger partial charge is 0.478 e. The number of halogens is 2. The molecule has 124 valence electrons. The van der Waals surface area contributed by atoms with Gasteiger partial charge < -0.3 is 10.1 Å². The van der Waals surface area contributed by atoms with Gasteiger partial charge in [-0.2, -0.15) is 0 Å². The molecule has 1 N–H and O–H groups in total. The SMILES string of the molecule is CC(C)(Oc1ccc(Cl)cc1)C(=O)NCC#Cc1cccc(Cl)c1. The number of hydrogen-bond donors (Lipinski definition) is 1. The van der Waals surface area contributed by atoms with Crippen molar-refractivity contribution in [2.75, 3.05) is 6.54 Å². The summed E-state index contributed by atoms with van der Waals surface area (Å²) < 4.78 is 5.71. The maximum Gasteiger partial charge on any atom is 0.264 e. The molecule has 0 unspecified atom stereocenters. The topological polar surface area (TPSA) is 38.3 Å². The molecular weight excluding hydrogens is 345 g/mol. The van der Waals surface area contributed by atoms with E-state index in [9.17, 15) is 4.79 Å². The Morgan fingerprint density at radius 2 is 1.83 bits per heavy atom. The van der Waals surface area contributed by atoms with Crippen LogP contribution in [0.4, 0.5) is 0 Å². The molecule has 2 rings (SSSR count). The van der Waals surface area contributed by atoms with Crippen LogP contribution in [0.3, 0.4) is 0 Å². The first-order chi connectivity index (χ1) is 11.4. The van der Waals surface area contributed by atoms with E-state index in [0.717, 1.165) is 5.56 Å². The van der Waals surface area contributed by atoms with Crippen LogP contribution >= 0.6 is 23.2 Å². The molecule has 0 aromatic heterocycles. The molecule has 0 heterocycles. The number of carbonyl (C=O) groups excluding carboxylic acids is 1. The van der Waals surface area contributed by atoms with Gasteiger partial charge in [0, 0.05) is 15.6 Å². The second-order valence-corrected chi connectivity index (χ2v) is 6.43. The summed E-state index contributed by atoms with van der Waals surface area (Å²) in [5.74, 6) is 6.15. The van der Waals surface area contributed by atoms with Crippen LogP contribution < -0.4 is 10.1 Å². The van der Waals surface area contributed by atoms with Gasteiger partial charge in [0.05, 0.1) is 6.54 Å². The average Bonchev–Trinajstić information content (AvgIpc) is 2.53. The monoisotopic (exact) mass is 361 g/mol. The fourth-order valence-electron chi connectivity index (χ4n) is 1.89. The molecule has 0 bridgehead atoms. The molecule has 5 heteroatoms. The lowest BCUT2D eigenvalue weighted by Gasteiger charge is -2.24. The van der Waals surface area contributed by atoms with E-state index in [1.165, 1.54) is 0 Å². The summed E-state index contributed by atoms with van der Waals surface area (Å²) in [4.78, 5) is 12.3. The van der Waals surface area contributed by atoms with Gasteiger partial charge in [-0.3, -0.25) is 4.79 Å². The predicted molar refractivity (Wildman–Crippen MR) is 97.5 cm³/mol. The molecule has 0 fully saturated rings. The highest BCUT2D eigenvalue weighted by molar-refractivity contribution is 6.30. The summed E-state index contributed by atoms with van der Waals surface area (Å²) >= 11 is 11.7. The Hall–Kier alpha value is -2.15. The first-order valence-corrected chi connectivity index (χ1v) is 8.10. The lowest BCUT2D eigenvalue weighted by atomic mass is 10.1. The minimum atomic E-state index is -1.02. The van der Waals surface area contributed by atoms with Crippen LogP contribution in [0.25, 0.3) is 0 Å². The van der Waals surface area contributed by atoms with Crippen molar-refractivity contribution < 1.29 is 9.53 Å². The van der Waals surface area contributed by atoms with Crippen molar-refractivity contribution in [1.82, 2.24) is 5.32 Å². The molecule has 24 heavy (non-hydrogen) atoms. The van der Waals surface area contributed by atoms with Crippen molar-refractivity contribution in [3.63, 3.8) is 0 Å². The predicted octanol–water partition coefficient (Wildman–Crippen LogP) is 4.32. The molecule has 1 amide bonds. The number of nitrogens with one attached hydrogen (secondary N) is 1. The zero-order valence-electron chi connectivity index (χ0n) is 13.4. The molecule has 0 saturated carbocycles. The van der Waals surface area contributed by atoms with Crippen molar-refractivity contribution in [2.24, 2.45) is 0 Å². The van der Waals surface area contributed by atoms with Gasteiger partial charge >= 0.3 is 0 Å². The summed E-state index contributed by atoms with van der Waals surface area (Å²) in [5.41, 5.74) is -0.223. The Bertz CT molecular complexity index is 774. The zero-order valence-corrected chi connectivity index (χ0v) is 14.9. The van der Waals surface area contributed by atoms with Gasteiger partial charge in [0.25, 0.3) is 5.91 Å². The fourth-order valence-corrected chi connectivity index (χ4v) is 2.21. The van der Waals surface area contributed by atoms with Crippen molar-refractivity contribution in [1.29, 1.82) is 0 Å². The number of ether oxygens (including phenoxy) is 1. The third kappa shape index (κ3) is 5.49. The quantitative estimate of drug-likeness (QED) is 0.823. The van der Waals surface area contributed by atoms with Crippen molar-refractivity contribution >= 4 is 29.1 Å². The van der Waals surface area contributed by atoms with Crippen LogP contribution in [0.15, 0.2) is 48.5 Å². The molecule has 0 saturated heterocycles. The summed E-state index contributed by atoms with van der Waals surface area (Å²) in [6.07, 6.45) is 0. The molecule has 0 aliphatic heterocycles. The highest BCUT2D eigenvalue weighted by Gasteiger charge is 2.29. The number of benzene rings is 2. The summed E-state index contributed by atoms with van der Waals surface area (Å²) in [5, 5.41) is 3.98. The Balaban J connectivity index is 1.90. The molecule has 0 atom stereocenters. The second kappa shape index (κ2) is 8.10. The lowest BCUT2D eigenvalue weighted by Crippen LogP contribution is -2.46. The van der Waals surface area contributed by atoms with Crippen LogP contribution in [0.2, 0.25) is 10.0 Å². The number of hydrogen-bond acceptors (Lipinski definition) is 2. The molecular formula is C19H17Cl2NO2. The second-order valence-electron chi connectivity index (χ2n) is 5.56. The van der Waals surface area contributed by atoms with Crippen LogP contribution in [-0.2, 0) is 4.79 Å². The highest BCUT2D eigenvalue weighted by atomic mass is 35.5. The fraction of sp³-hybridized carbons (Fsp3) is 0.211. The third-order valence-corrected chi connectivity index (χ3v) is 3.62. The maximum absolute atomic E-state index is 12.3. The normalized spacial score (nSPS) is 10.5. The van der Waals surface area contributed by atoms with E-state index in [1.807, 2.05) is 12.1 Å². The lowest BCUT2D eigenvalue weighted by molar-refractivity contribution is -0.133. The Morgan fingerprint density at radius 3 is 2.50 bits per heavy atom. The first kappa shape index (κ1) is 18.2. The van der Waals surface area contributed by atoms with Crippen molar-refractivity contribution in [3.8, 4) is 17.6 Å². The van der Waals surface area contributed by atoms with Gasteiger partial charge in [0.15, 0.2) is 5.60 Å². The standard InChI is InChI=1S/C19H17Cl2NO2/c1-19(2,24-17-10-8-15(20)9-11-17)18(23)22-12-4-6-14-5-3-7-16(21)13-14/h3,5,7-11,13H,12H2,1-2H3,(H,22,23). The van der Waals surface area contributed by atoms with Gasteiger partial charge in [0.1, 0.15) is 5.75 Å². The summed E-state index contributed by atoms with van der Waals surface area (Å²) in [7, 11) is 0. The smallest absolute Gasteiger partial charge is 0.264 e. The summed E-state index contributed by atoms with van der Waals surface area (Å²) in [6.45, 7) is 3.61. The van der Waals surface area contributed by atoms with Crippen molar-refractivity contribution in [3.05, 3.63) is 64.1 Å². The molecule has 3 nitrogen and oxygen atoms in total. The molecule has 0 aliphatic carbocycles. The van der Waals surface area contributed by atoms with E-state index in [-0.39, 0.29) is 12.5 Å². The van der Waals surface area contributed by atoms with Crippen LogP contribution in [-0.4, -0.2) is 18.1 Å². The highest BCUT2D eigenvalue weighted by Crippen LogP contribution is 2.20. The summed E-state index contributed by atoms with van der Waals surface area (Å²) in [6, 6.07) is 14.1. The Kier molecular flexibility index (Phi) is 6.14. The van der Waals surface area contributed by atoms with E-state index in [2.05, 4.69) is 17.2 Å². The van der Waals surface area contributed by atoms with Gasteiger partial charge in [-0.25, -0.2) is 0 Å². The number of carbonyl (C=O) groups is 1. The van der Waals surface area contributed by atoms with Gasteiger partial charge in [-0.1, -0.05) is 41.1 Å². The van der Waals surface area contributed by atoms with E-state index in [0.29, 0.717) is 15.8 Å². The van der Waals surface area contributed by atoms with E-state index in [4.69, 9.17) is 27.9 Å². The Labute approximate surface area is 151 Å². The van der Waals surface area contributed by atoms with E-state index >= 15 is 0 Å². The molecule has 0 aliphatic rings. The Morgan fingerprint density at radius 1 is 1.12 bits per heavy atom. The number of amides is 1. The van der Waals surface area contributed by atoms with Crippen molar-refractivity contribution in [2.45, 2.75) is 19.4 Å². The minimum Gasteiger partial charge on any atom is -0.478 e. The molecule has 0 spiro atoms. The maximum atomic E-state index is 12.3. The van der Waals surface area contributed by atoms with Gasteiger partial charge in [-0.05, 0) is 56.3 Å². The number of rotatable bonds is 4. The van der Waals surface area contributed by atoms with Gasteiger partial charge in [0.2, 0.25) is 0 Å². The molecule has 2 aromatic carbocycles. The average molecular weight is 362 g/mol. The molecule has 0 radical (unpaired) electrons. The van der Waals surface area contributed by atoms with E-state index in [1.54, 1.807) is 50.2 Å². The molecule has 2 aromatic rings. The van der Waals surface area contributed by atoms with Crippen LogP contribution in [0.5, 0.6) is 5.75 Å². The zero-order chi connectivity index (χ0) is 17.6. The van der Waals surface area contributed by atoms with E-state index < -0.39 is 5.60 Å². The van der Waals surface area contributed by atoms with Crippen LogP contribution in [0, 0.1) is 11.8 Å². The first-order valence-electron chi connectivity index (χ1n) is 7.34. The van der Waals surface area contributed by atoms with Gasteiger partial charge in [-0.15, -0.1) is 0 Å². The third-order valence-electron chi connectivity index (χ3n) is 3.13.